The third-order valence-corrected chi connectivity index (χ3v) is 2.51. The molecule has 0 fully saturated rings. The second-order valence-electron chi connectivity index (χ2n) is 4.19. The predicted octanol–water partition coefficient (Wildman–Crippen LogP) is 2.36. The molecule has 1 aromatic heterocycles. The van der Waals surface area contributed by atoms with E-state index in [9.17, 15) is 13.2 Å². The molecule has 0 aliphatic rings. The summed E-state index contributed by atoms with van der Waals surface area (Å²) in [5, 5.41) is 10.9. The molecule has 1 aromatic rings. The summed E-state index contributed by atoms with van der Waals surface area (Å²) in [5.74, 6) is 0.249. The van der Waals surface area contributed by atoms with Crippen molar-refractivity contribution in [1.82, 2.24) is 15.5 Å². The lowest BCUT2D eigenvalue weighted by atomic mass is 10.3. The Kier molecular flexibility index (Phi) is 6.01. The highest BCUT2D eigenvalue weighted by atomic mass is 19.4. The molecule has 19 heavy (non-hydrogen) atoms. The van der Waals surface area contributed by atoms with Crippen LogP contribution in [0.25, 0.3) is 0 Å². The molecule has 0 atom stereocenters. The lowest BCUT2D eigenvalue weighted by Crippen LogP contribution is -2.34. The molecule has 108 valence electrons. The molecule has 0 unspecified atom stereocenters. The summed E-state index contributed by atoms with van der Waals surface area (Å²) in [6.45, 7) is 4.39. The highest BCUT2D eigenvalue weighted by molar-refractivity contribution is 5.37. The summed E-state index contributed by atoms with van der Waals surface area (Å²) < 4.78 is 37.1. The van der Waals surface area contributed by atoms with Crippen LogP contribution in [-0.4, -0.2) is 36.0 Å². The van der Waals surface area contributed by atoms with Crippen molar-refractivity contribution in [1.29, 1.82) is 0 Å². The average molecular weight is 276 g/mol. The molecule has 0 aliphatic heterocycles. The van der Waals surface area contributed by atoms with Crippen LogP contribution in [0.4, 0.5) is 19.0 Å². The molecule has 1 rings (SSSR count). The van der Waals surface area contributed by atoms with Crippen LogP contribution >= 0.6 is 0 Å². The van der Waals surface area contributed by atoms with Gasteiger partial charge in [0, 0.05) is 13.1 Å². The summed E-state index contributed by atoms with van der Waals surface area (Å²) >= 11 is 0. The smallest absolute Gasteiger partial charge is 0.346 e. The minimum absolute atomic E-state index is 0.238. The Morgan fingerprint density at radius 3 is 2.42 bits per heavy atom. The number of nitrogens with zero attached hydrogens (tertiary/aromatic N) is 3. The van der Waals surface area contributed by atoms with Crippen molar-refractivity contribution < 1.29 is 13.2 Å². The molecule has 0 amide bonds. The van der Waals surface area contributed by atoms with Crippen molar-refractivity contribution >= 4 is 5.82 Å². The number of hydrogen-bond donors (Lipinski definition) is 1. The van der Waals surface area contributed by atoms with E-state index in [4.69, 9.17) is 0 Å². The van der Waals surface area contributed by atoms with E-state index < -0.39 is 12.7 Å². The highest BCUT2D eigenvalue weighted by Gasteiger charge is 2.30. The van der Waals surface area contributed by atoms with Crippen molar-refractivity contribution in [2.24, 2.45) is 0 Å². The topological polar surface area (TPSA) is 41.0 Å². The maximum atomic E-state index is 12.4. The first kappa shape index (κ1) is 15.7. The number of anilines is 1. The van der Waals surface area contributed by atoms with Crippen LogP contribution in [0.1, 0.15) is 26.0 Å². The maximum absolute atomic E-state index is 12.4. The lowest BCUT2D eigenvalue weighted by molar-refractivity contribution is -0.119. The zero-order chi connectivity index (χ0) is 14.3. The van der Waals surface area contributed by atoms with Gasteiger partial charge in [0.2, 0.25) is 0 Å². The quantitative estimate of drug-likeness (QED) is 0.776. The standard InChI is InChI=1S/C12H19F3N4/c1-3-7-16-8-10-5-6-11(18-17-10)19(4-2)9-12(13,14)15/h5-6,16H,3-4,7-9H2,1-2H3. The van der Waals surface area contributed by atoms with Gasteiger partial charge < -0.3 is 10.2 Å². The molecule has 1 heterocycles. The van der Waals surface area contributed by atoms with Crippen LogP contribution in [-0.2, 0) is 6.54 Å². The van der Waals surface area contributed by atoms with E-state index in [0.717, 1.165) is 23.6 Å². The number of nitrogens with one attached hydrogen (secondary N) is 1. The van der Waals surface area contributed by atoms with Gasteiger partial charge >= 0.3 is 6.18 Å². The van der Waals surface area contributed by atoms with Gasteiger partial charge in [-0.25, -0.2) is 0 Å². The molecule has 4 nitrogen and oxygen atoms in total. The molecular weight excluding hydrogens is 257 g/mol. The Morgan fingerprint density at radius 1 is 1.21 bits per heavy atom. The van der Waals surface area contributed by atoms with Gasteiger partial charge in [0.25, 0.3) is 0 Å². The Bertz CT molecular complexity index is 364. The summed E-state index contributed by atoms with van der Waals surface area (Å²) in [5.41, 5.74) is 0.722. The van der Waals surface area contributed by atoms with E-state index in [2.05, 4.69) is 22.4 Å². The lowest BCUT2D eigenvalue weighted by Gasteiger charge is -2.22. The highest BCUT2D eigenvalue weighted by Crippen LogP contribution is 2.19. The van der Waals surface area contributed by atoms with Crippen LogP contribution in [0, 0.1) is 0 Å². The second kappa shape index (κ2) is 7.28. The molecule has 0 bridgehead atoms. The molecular formula is C12H19F3N4. The monoisotopic (exact) mass is 276 g/mol. The number of hydrogen-bond acceptors (Lipinski definition) is 4. The summed E-state index contributed by atoms with van der Waals surface area (Å²) in [6, 6.07) is 3.27. The average Bonchev–Trinajstić information content (AvgIpc) is 2.36. The fourth-order valence-corrected chi connectivity index (χ4v) is 1.58. The number of halogens is 3. The predicted molar refractivity (Wildman–Crippen MR) is 68.0 cm³/mol. The summed E-state index contributed by atoms with van der Waals surface area (Å²) in [4.78, 5) is 1.15. The molecule has 0 radical (unpaired) electrons. The number of rotatable bonds is 7. The fraction of sp³-hybridized carbons (Fsp3) is 0.667. The van der Waals surface area contributed by atoms with Crippen molar-refractivity contribution in [3.63, 3.8) is 0 Å². The van der Waals surface area contributed by atoms with Gasteiger partial charge in [0.15, 0.2) is 5.82 Å². The summed E-state index contributed by atoms with van der Waals surface area (Å²) in [6.07, 6.45) is -3.22. The SMILES string of the molecule is CCCNCc1ccc(N(CC)CC(F)(F)F)nn1. The van der Waals surface area contributed by atoms with Gasteiger partial charge in [-0.05, 0) is 32.0 Å². The molecule has 0 spiro atoms. The van der Waals surface area contributed by atoms with E-state index >= 15 is 0 Å². The zero-order valence-electron chi connectivity index (χ0n) is 11.2. The Labute approximate surface area is 111 Å². The van der Waals surface area contributed by atoms with Crippen molar-refractivity contribution in [3.05, 3.63) is 17.8 Å². The van der Waals surface area contributed by atoms with Gasteiger partial charge in [-0.2, -0.15) is 18.3 Å². The van der Waals surface area contributed by atoms with Gasteiger partial charge in [-0.3, -0.25) is 0 Å². The van der Waals surface area contributed by atoms with Crippen molar-refractivity contribution in [2.75, 3.05) is 24.5 Å². The Balaban J connectivity index is 2.62. The third-order valence-electron chi connectivity index (χ3n) is 2.51. The molecule has 0 saturated heterocycles. The minimum Gasteiger partial charge on any atom is -0.346 e. The fourth-order valence-electron chi connectivity index (χ4n) is 1.58. The van der Waals surface area contributed by atoms with Gasteiger partial charge in [0.1, 0.15) is 6.54 Å². The minimum atomic E-state index is -4.24. The van der Waals surface area contributed by atoms with Crippen LogP contribution in [0.2, 0.25) is 0 Å². The third kappa shape index (κ3) is 5.87. The first-order valence-electron chi connectivity index (χ1n) is 6.31. The first-order valence-corrected chi connectivity index (χ1v) is 6.31. The van der Waals surface area contributed by atoms with Crippen LogP contribution < -0.4 is 10.2 Å². The Hall–Kier alpha value is -1.37. The van der Waals surface area contributed by atoms with Crippen LogP contribution in [0.5, 0.6) is 0 Å². The van der Waals surface area contributed by atoms with Crippen molar-refractivity contribution in [3.8, 4) is 0 Å². The van der Waals surface area contributed by atoms with Gasteiger partial charge in [0.05, 0.1) is 5.69 Å². The first-order chi connectivity index (χ1) is 8.96. The normalized spacial score (nSPS) is 11.6. The van der Waals surface area contributed by atoms with E-state index in [1.54, 1.807) is 19.1 Å². The largest absolute Gasteiger partial charge is 0.405 e. The molecule has 0 aromatic carbocycles. The van der Waals surface area contributed by atoms with Gasteiger partial charge in [-0.15, -0.1) is 5.10 Å². The van der Waals surface area contributed by atoms with E-state index in [0.29, 0.717) is 6.54 Å². The zero-order valence-corrected chi connectivity index (χ0v) is 11.2. The van der Waals surface area contributed by atoms with Gasteiger partial charge in [-0.1, -0.05) is 6.92 Å². The van der Waals surface area contributed by atoms with Crippen molar-refractivity contribution in [2.45, 2.75) is 33.0 Å². The summed E-state index contributed by atoms with van der Waals surface area (Å²) in [7, 11) is 0. The van der Waals surface area contributed by atoms with Crippen LogP contribution in [0.15, 0.2) is 12.1 Å². The van der Waals surface area contributed by atoms with E-state index in [-0.39, 0.29) is 12.4 Å². The molecule has 0 saturated carbocycles. The molecule has 0 aliphatic carbocycles. The maximum Gasteiger partial charge on any atom is 0.405 e. The van der Waals surface area contributed by atoms with E-state index in [1.807, 2.05) is 0 Å². The molecule has 7 heteroatoms. The molecule has 1 N–H and O–H groups in total. The van der Waals surface area contributed by atoms with Crippen LogP contribution in [0.3, 0.4) is 0 Å². The Morgan fingerprint density at radius 2 is 1.95 bits per heavy atom. The number of alkyl halides is 3. The van der Waals surface area contributed by atoms with E-state index in [1.165, 1.54) is 0 Å². The second-order valence-corrected chi connectivity index (χ2v) is 4.19. The number of aromatic nitrogens is 2.